The molecule has 5 fully saturated rings. The van der Waals surface area contributed by atoms with E-state index in [2.05, 4.69) is 6.58 Å². The second-order valence-corrected chi connectivity index (χ2v) is 12.7. The van der Waals surface area contributed by atoms with Gasteiger partial charge in [0.05, 0.1) is 23.7 Å². The molecule has 4 saturated carbocycles. The number of ether oxygens (including phenoxy) is 2. The summed E-state index contributed by atoms with van der Waals surface area (Å²) in [6, 6.07) is 0. The molecule has 5 rings (SSSR count). The molecule has 4 aliphatic carbocycles. The summed E-state index contributed by atoms with van der Waals surface area (Å²) in [6.07, 6.45) is -4.15. The van der Waals surface area contributed by atoms with Gasteiger partial charge in [-0.05, 0) is 62.7 Å². The van der Waals surface area contributed by atoms with Crippen molar-refractivity contribution >= 4 is 5.78 Å². The minimum absolute atomic E-state index is 0.0661. The molecule has 2 bridgehead atoms. The maximum Gasteiger partial charge on any atom is 0.187 e. The lowest BCUT2D eigenvalue weighted by Gasteiger charge is -2.59. The van der Waals surface area contributed by atoms with Crippen LogP contribution in [0.4, 0.5) is 0 Å². The van der Waals surface area contributed by atoms with E-state index in [-0.39, 0.29) is 24.0 Å². The Morgan fingerprint density at radius 1 is 1.03 bits per heavy atom. The van der Waals surface area contributed by atoms with Crippen LogP contribution < -0.4 is 0 Å². The molecule has 1 saturated heterocycles. The molecule has 1 heterocycles. The fourth-order valence-electron chi connectivity index (χ4n) is 8.40. The Bertz CT molecular complexity index is 903. The highest BCUT2D eigenvalue weighted by Gasteiger charge is 2.70. The summed E-state index contributed by atoms with van der Waals surface area (Å²) in [5.41, 5.74) is -3.04. The number of rotatable bonds is 3. The fraction of sp³-hybridized carbons (Fsp3) is 0.885. The highest BCUT2D eigenvalue weighted by molar-refractivity contribution is 5.94. The molecule has 6 N–H and O–H groups in total. The lowest BCUT2D eigenvalue weighted by Crippen LogP contribution is -2.66. The molecule has 198 valence electrons. The fourth-order valence-corrected chi connectivity index (χ4v) is 8.40. The van der Waals surface area contributed by atoms with Gasteiger partial charge in [0.15, 0.2) is 12.1 Å². The largest absolute Gasteiger partial charge is 0.394 e. The Balaban J connectivity index is 1.44. The van der Waals surface area contributed by atoms with Gasteiger partial charge < -0.3 is 40.1 Å². The van der Waals surface area contributed by atoms with Crippen LogP contribution in [0.2, 0.25) is 0 Å². The van der Waals surface area contributed by atoms with E-state index in [9.17, 15) is 35.4 Å². The Hall–Kier alpha value is -0.910. The minimum atomic E-state index is -1.60. The smallest absolute Gasteiger partial charge is 0.187 e. The second kappa shape index (κ2) is 8.04. The first-order chi connectivity index (χ1) is 16.2. The summed E-state index contributed by atoms with van der Waals surface area (Å²) in [5, 5.41) is 63.0. The number of carbonyl (C=O) groups is 1. The molecular weight excluding hydrogens is 456 g/mol. The van der Waals surface area contributed by atoms with Gasteiger partial charge in [0.1, 0.15) is 30.0 Å². The van der Waals surface area contributed by atoms with E-state index in [4.69, 9.17) is 9.47 Å². The number of aliphatic hydroxyl groups is 6. The quantitative estimate of drug-likeness (QED) is 0.297. The van der Waals surface area contributed by atoms with Gasteiger partial charge >= 0.3 is 0 Å². The van der Waals surface area contributed by atoms with Crippen molar-refractivity contribution in [3.63, 3.8) is 0 Å². The third-order valence-corrected chi connectivity index (χ3v) is 10.4. The SMILES string of the molecule is C=C1[C@H]2C[C@H](O)C(C)(C)C(=O)[C@@]2(O)C[C@@]23C[C@@H](CC[C@@H]12)[C@](C)(O[C@@H]1O[C@H](CO)[C@@H](O)[C@H](O)[C@H]1O)C3. The molecule has 9 heteroatoms. The zero-order valence-corrected chi connectivity index (χ0v) is 20.8. The number of fused-ring (bicyclic) bond motifs is 2. The van der Waals surface area contributed by atoms with Crippen molar-refractivity contribution in [3.05, 3.63) is 12.2 Å². The molecule has 0 unspecified atom stereocenters. The van der Waals surface area contributed by atoms with Gasteiger partial charge in [0.25, 0.3) is 0 Å². The second-order valence-electron chi connectivity index (χ2n) is 12.7. The van der Waals surface area contributed by atoms with Crippen molar-refractivity contribution in [2.45, 2.75) is 107 Å². The first-order valence-electron chi connectivity index (χ1n) is 12.8. The molecule has 9 nitrogen and oxygen atoms in total. The number of Topliss-reactive ketones (excluding diaryl/α,β-unsaturated/α-hetero) is 1. The normalized spacial score (nSPS) is 55.4. The number of hydrogen-bond donors (Lipinski definition) is 6. The van der Waals surface area contributed by atoms with Crippen molar-refractivity contribution in [1.29, 1.82) is 0 Å². The van der Waals surface area contributed by atoms with Crippen LogP contribution in [0, 0.1) is 28.6 Å². The minimum Gasteiger partial charge on any atom is -0.394 e. The third-order valence-electron chi connectivity index (χ3n) is 10.4. The first-order valence-corrected chi connectivity index (χ1v) is 12.8. The van der Waals surface area contributed by atoms with Crippen LogP contribution in [0.1, 0.15) is 59.3 Å². The predicted octanol–water partition coefficient (Wildman–Crippen LogP) is 0.0351. The van der Waals surface area contributed by atoms with Crippen LogP contribution in [0.15, 0.2) is 12.2 Å². The van der Waals surface area contributed by atoms with E-state index < -0.39 is 71.4 Å². The van der Waals surface area contributed by atoms with Crippen molar-refractivity contribution in [1.82, 2.24) is 0 Å². The Labute approximate surface area is 205 Å². The van der Waals surface area contributed by atoms with Crippen LogP contribution in [0.5, 0.6) is 0 Å². The van der Waals surface area contributed by atoms with Crippen molar-refractivity contribution in [2.24, 2.45) is 28.6 Å². The van der Waals surface area contributed by atoms with E-state index in [0.717, 1.165) is 24.8 Å². The molecule has 0 aromatic carbocycles. The summed E-state index contributed by atoms with van der Waals surface area (Å²) >= 11 is 0. The van der Waals surface area contributed by atoms with Crippen LogP contribution in [0.3, 0.4) is 0 Å². The summed E-state index contributed by atoms with van der Waals surface area (Å²) < 4.78 is 12.0. The number of aliphatic hydroxyl groups excluding tert-OH is 5. The third kappa shape index (κ3) is 3.46. The molecular formula is C26H40O9. The molecule has 35 heavy (non-hydrogen) atoms. The van der Waals surface area contributed by atoms with Gasteiger partial charge in [-0.25, -0.2) is 0 Å². The van der Waals surface area contributed by atoms with Crippen LogP contribution in [-0.4, -0.2) is 91.0 Å². The van der Waals surface area contributed by atoms with Gasteiger partial charge in [0, 0.05) is 5.92 Å². The maximum absolute atomic E-state index is 13.6. The van der Waals surface area contributed by atoms with Crippen molar-refractivity contribution in [3.8, 4) is 0 Å². The molecule has 1 aliphatic heterocycles. The molecule has 0 aromatic rings. The Morgan fingerprint density at radius 2 is 1.71 bits per heavy atom. The average molecular weight is 497 g/mol. The van der Waals surface area contributed by atoms with E-state index in [1.165, 1.54) is 0 Å². The lowest BCUT2D eigenvalue weighted by atomic mass is 9.46. The van der Waals surface area contributed by atoms with Crippen molar-refractivity contribution < 1.29 is 44.9 Å². The summed E-state index contributed by atoms with van der Waals surface area (Å²) in [6.45, 7) is 9.13. The van der Waals surface area contributed by atoms with E-state index in [0.29, 0.717) is 12.8 Å². The highest BCUT2D eigenvalue weighted by atomic mass is 16.7. The van der Waals surface area contributed by atoms with E-state index in [1.807, 2.05) is 6.92 Å². The molecule has 5 aliphatic rings. The molecule has 1 spiro atoms. The topological polar surface area (TPSA) is 157 Å². The van der Waals surface area contributed by atoms with Gasteiger partial charge in [-0.1, -0.05) is 26.0 Å². The standard InChI is InChI=1S/C26H40O9/c1-12-14-6-5-13-8-25(14,11-26(33)15(12)7-17(28)23(2,3)22(26)32)10-24(13,4)35-21-20(31)19(30)18(29)16(9-27)34-21/h13-21,27-31,33H,1,5-11H2,2-4H3/t13-,14+,15-,16-,17+,18-,19+,20-,21+,24-,25+,26-/m1/s1. The van der Waals surface area contributed by atoms with Crippen LogP contribution >= 0.6 is 0 Å². The maximum atomic E-state index is 13.6. The predicted molar refractivity (Wildman–Crippen MR) is 123 cm³/mol. The van der Waals surface area contributed by atoms with Gasteiger partial charge in [-0.2, -0.15) is 0 Å². The van der Waals surface area contributed by atoms with E-state index in [1.54, 1.807) is 13.8 Å². The summed E-state index contributed by atoms with van der Waals surface area (Å²) in [4.78, 5) is 13.6. The Morgan fingerprint density at radius 3 is 2.37 bits per heavy atom. The zero-order chi connectivity index (χ0) is 25.7. The molecule has 12 atom stereocenters. The van der Waals surface area contributed by atoms with Gasteiger partial charge in [-0.3, -0.25) is 4.79 Å². The van der Waals surface area contributed by atoms with Crippen LogP contribution in [-0.2, 0) is 14.3 Å². The number of ketones is 1. The molecule has 0 amide bonds. The zero-order valence-electron chi connectivity index (χ0n) is 20.8. The van der Waals surface area contributed by atoms with Gasteiger partial charge in [0.2, 0.25) is 0 Å². The number of hydrogen-bond acceptors (Lipinski definition) is 9. The van der Waals surface area contributed by atoms with Crippen LogP contribution in [0.25, 0.3) is 0 Å². The highest BCUT2D eigenvalue weighted by Crippen LogP contribution is 2.69. The summed E-state index contributed by atoms with van der Waals surface area (Å²) in [5.74, 6) is -0.682. The van der Waals surface area contributed by atoms with E-state index >= 15 is 0 Å². The number of carbonyl (C=O) groups excluding carboxylic acids is 1. The summed E-state index contributed by atoms with van der Waals surface area (Å²) in [7, 11) is 0. The Kier molecular flexibility index (Phi) is 5.91. The van der Waals surface area contributed by atoms with Crippen molar-refractivity contribution in [2.75, 3.05) is 6.61 Å². The monoisotopic (exact) mass is 496 g/mol. The molecule has 0 radical (unpaired) electrons. The average Bonchev–Trinajstić information content (AvgIpc) is 3.00. The molecule has 0 aromatic heterocycles. The van der Waals surface area contributed by atoms with Gasteiger partial charge in [-0.15, -0.1) is 0 Å². The lowest BCUT2D eigenvalue weighted by molar-refractivity contribution is -0.329. The first kappa shape index (κ1) is 25.7.